The summed E-state index contributed by atoms with van der Waals surface area (Å²) in [5, 5.41) is 2.73. The second kappa shape index (κ2) is 6.16. The Morgan fingerprint density at radius 1 is 1.48 bits per heavy atom. The van der Waals surface area contributed by atoms with Crippen molar-refractivity contribution in [1.82, 2.24) is 4.98 Å². The van der Waals surface area contributed by atoms with Gasteiger partial charge in [0.1, 0.15) is 23.2 Å². The summed E-state index contributed by atoms with van der Waals surface area (Å²) in [7, 11) is 0. The summed E-state index contributed by atoms with van der Waals surface area (Å²) in [6, 6.07) is 6.71. The third kappa shape index (κ3) is 3.06. The quantitative estimate of drug-likeness (QED) is 0.908. The number of rotatable bonds is 4. The molecule has 1 aromatic carbocycles. The van der Waals surface area contributed by atoms with Gasteiger partial charge in [-0.15, -0.1) is 0 Å². The van der Waals surface area contributed by atoms with Gasteiger partial charge in [-0.05, 0) is 32.0 Å². The molecular formula is C17H18N2O4. The van der Waals surface area contributed by atoms with Crippen LogP contribution in [0.3, 0.4) is 0 Å². The fourth-order valence-electron chi connectivity index (χ4n) is 2.60. The molecule has 1 amide bonds. The monoisotopic (exact) mass is 314 g/mol. The van der Waals surface area contributed by atoms with Crippen molar-refractivity contribution in [3.8, 4) is 11.5 Å². The predicted octanol–water partition coefficient (Wildman–Crippen LogP) is 2.35. The summed E-state index contributed by atoms with van der Waals surface area (Å²) in [4.78, 5) is 26.5. The Balaban J connectivity index is 1.93. The van der Waals surface area contributed by atoms with E-state index >= 15 is 0 Å². The molecule has 0 saturated carbocycles. The first-order valence-corrected chi connectivity index (χ1v) is 7.54. The molecule has 0 bridgehead atoms. The normalized spacial score (nSPS) is 15.7. The van der Waals surface area contributed by atoms with Crippen molar-refractivity contribution in [3.63, 3.8) is 0 Å². The van der Waals surface area contributed by atoms with Gasteiger partial charge >= 0.3 is 0 Å². The lowest BCUT2D eigenvalue weighted by atomic mass is 10.1. The molecule has 3 rings (SSSR count). The number of hydrogen-bond donors (Lipinski definition) is 2. The van der Waals surface area contributed by atoms with Crippen LogP contribution in [0.2, 0.25) is 0 Å². The van der Waals surface area contributed by atoms with Crippen molar-refractivity contribution in [2.75, 3.05) is 11.9 Å². The van der Waals surface area contributed by atoms with Gasteiger partial charge in [0.15, 0.2) is 0 Å². The Morgan fingerprint density at radius 2 is 2.30 bits per heavy atom. The lowest BCUT2D eigenvalue weighted by Crippen LogP contribution is -2.22. The predicted molar refractivity (Wildman–Crippen MR) is 86.4 cm³/mol. The van der Waals surface area contributed by atoms with Gasteiger partial charge in [-0.2, -0.15) is 0 Å². The number of amides is 1. The first-order chi connectivity index (χ1) is 11.1. The zero-order chi connectivity index (χ0) is 16.4. The number of anilines is 1. The number of fused-ring (bicyclic) bond motifs is 1. The maximum absolute atomic E-state index is 12.3. The van der Waals surface area contributed by atoms with Gasteiger partial charge < -0.3 is 19.8 Å². The van der Waals surface area contributed by atoms with E-state index in [1.54, 1.807) is 12.1 Å². The maximum Gasteiger partial charge on any atom is 0.261 e. The van der Waals surface area contributed by atoms with Crippen molar-refractivity contribution in [2.45, 2.75) is 26.4 Å². The highest BCUT2D eigenvalue weighted by atomic mass is 16.5. The summed E-state index contributed by atoms with van der Waals surface area (Å²) in [5.74, 6) is 0.821. The van der Waals surface area contributed by atoms with E-state index in [0.29, 0.717) is 18.0 Å². The third-order valence-corrected chi connectivity index (χ3v) is 3.61. The van der Waals surface area contributed by atoms with Crippen molar-refractivity contribution in [3.05, 3.63) is 51.9 Å². The van der Waals surface area contributed by atoms with Crippen molar-refractivity contribution in [2.24, 2.45) is 0 Å². The van der Waals surface area contributed by atoms with E-state index in [2.05, 4.69) is 10.3 Å². The van der Waals surface area contributed by atoms with Crippen LogP contribution in [0.25, 0.3) is 0 Å². The summed E-state index contributed by atoms with van der Waals surface area (Å²) in [6.07, 6.45) is 2.39. The van der Waals surface area contributed by atoms with Gasteiger partial charge in [0.05, 0.1) is 12.3 Å². The number of carbonyl (C=O) groups excluding carboxylic acids is 1. The zero-order valence-electron chi connectivity index (χ0n) is 13.0. The van der Waals surface area contributed by atoms with Gasteiger partial charge in [0.25, 0.3) is 11.5 Å². The average Bonchev–Trinajstić information content (AvgIpc) is 2.87. The summed E-state index contributed by atoms with van der Waals surface area (Å²) in [6.45, 7) is 4.34. The summed E-state index contributed by atoms with van der Waals surface area (Å²) < 4.78 is 11.3. The number of benzene rings is 1. The molecule has 6 nitrogen and oxygen atoms in total. The average molecular weight is 314 g/mol. The number of aromatic nitrogens is 1. The maximum atomic E-state index is 12.3. The number of nitrogens with one attached hydrogen (secondary N) is 2. The van der Waals surface area contributed by atoms with Gasteiger partial charge in [-0.25, -0.2) is 0 Å². The molecule has 0 spiro atoms. The molecule has 1 aliphatic rings. The standard InChI is InChI=1S/C17H18N2O4/c1-3-22-15-8-11-7-10(2)23-14(11)9-13(15)19-17(21)12-5-4-6-18-16(12)20/h4-6,8-10H,3,7H2,1-2H3,(H,18,20)(H,19,21)/t10-/m0/s1. The number of carbonyl (C=O) groups is 1. The molecule has 23 heavy (non-hydrogen) atoms. The SMILES string of the molecule is CCOc1cc2c(cc1NC(=O)c1ccc[nH]c1=O)O[C@@H](C)C2. The molecule has 1 aromatic heterocycles. The van der Waals surface area contributed by atoms with Crippen LogP contribution >= 0.6 is 0 Å². The topological polar surface area (TPSA) is 80.4 Å². The Kier molecular flexibility index (Phi) is 4.06. The Labute approximate surface area is 133 Å². The molecule has 0 fully saturated rings. The molecule has 120 valence electrons. The largest absolute Gasteiger partial charge is 0.492 e. The fraction of sp³-hybridized carbons (Fsp3) is 0.294. The molecule has 1 aliphatic heterocycles. The molecule has 2 aromatic rings. The minimum absolute atomic E-state index is 0.0460. The molecule has 1 atom stereocenters. The van der Waals surface area contributed by atoms with Crippen LogP contribution in [-0.2, 0) is 6.42 Å². The first-order valence-electron chi connectivity index (χ1n) is 7.54. The molecule has 0 radical (unpaired) electrons. The van der Waals surface area contributed by atoms with Crippen LogP contribution in [0.1, 0.15) is 29.8 Å². The number of hydrogen-bond acceptors (Lipinski definition) is 4. The van der Waals surface area contributed by atoms with Crippen molar-refractivity contribution < 1.29 is 14.3 Å². The number of pyridine rings is 1. The van der Waals surface area contributed by atoms with Crippen LogP contribution < -0.4 is 20.3 Å². The van der Waals surface area contributed by atoms with E-state index in [1.807, 2.05) is 19.9 Å². The Bertz CT molecular complexity index is 797. The van der Waals surface area contributed by atoms with Crippen LogP contribution in [-0.4, -0.2) is 23.6 Å². The number of H-pyrrole nitrogens is 1. The third-order valence-electron chi connectivity index (χ3n) is 3.61. The van der Waals surface area contributed by atoms with E-state index in [9.17, 15) is 9.59 Å². The minimum Gasteiger partial charge on any atom is -0.492 e. The molecule has 2 N–H and O–H groups in total. The van der Waals surface area contributed by atoms with Gasteiger partial charge in [-0.1, -0.05) is 0 Å². The van der Waals surface area contributed by atoms with E-state index in [-0.39, 0.29) is 11.7 Å². The highest BCUT2D eigenvalue weighted by Gasteiger charge is 2.23. The van der Waals surface area contributed by atoms with Crippen LogP contribution in [0.4, 0.5) is 5.69 Å². The van der Waals surface area contributed by atoms with E-state index < -0.39 is 11.5 Å². The van der Waals surface area contributed by atoms with Crippen LogP contribution in [0.15, 0.2) is 35.3 Å². The minimum atomic E-state index is -0.487. The number of aromatic amines is 1. The highest BCUT2D eigenvalue weighted by Crippen LogP contribution is 2.38. The van der Waals surface area contributed by atoms with Gasteiger partial charge in [-0.3, -0.25) is 9.59 Å². The highest BCUT2D eigenvalue weighted by molar-refractivity contribution is 6.04. The van der Waals surface area contributed by atoms with Crippen molar-refractivity contribution in [1.29, 1.82) is 0 Å². The molecule has 2 heterocycles. The lowest BCUT2D eigenvalue weighted by molar-refractivity contribution is 0.102. The Hall–Kier alpha value is -2.76. The smallest absolute Gasteiger partial charge is 0.261 e. The molecule has 0 unspecified atom stereocenters. The second-order valence-electron chi connectivity index (χ2n) is 5.39. The first kappa shape index (κ1) is 15.1. The van der Waals surface area contributed by atoms with Crippen molar-refractivity contribution >= 4 is 11.6 Å². The Morgan fingerprint density at radius 3 is 3.04 bits per heavy atom. The molecule has 0 saturated heterocycles. The van der Waals surface area contributed by atoms with E-state index in [1.165, 1.54) is 12.3 Å². The molecule has 0 aliphatic carbocycles. The second-order valence-corrected chi connectivity index (χ2v) is 5.39. The van der Waals surface area contributed by atoms with Gasteiger partial charge in [0.2, 0.25) is 0 Å². The van der Waals surface area contributed by atoms with Gasteiger partial charge in [0, 0.05) is 24.2 Å². The number of ether oxygens (including phenoxy) is 2. The van der Waals surface area contributed by atoms with E-state index in [0.717, 1.165) is 17.7 Å². The zero-order valence-corrected chi connectivity index (χ0v) is 13.0. The molecular weight excluding hydrogens is 296 g/mol. The summed E-state index contributed by atoms with van der Waals surface area (Å²) >= 11 is 0. The molecule has 6 heteroatoms. The van der Waals surface area contributed by atoms with Crippen LogP contribution in [0, 0.1) is 0 Å². The lowest BCUT2D eigenvalue weighted by Gasteiger charge is -2.13. The fourth-order valence-corrected chi connectivity index (χ4v) is 2.60. The van der Waals surface area contributed by atoms with Crippen LogP contribution in [0.5, 0.6) is 11.5 Å². The van der Waals surface area contributed by atoms with E-state index in [4.69, 9.17) is 9.47 Å². The summed E-state index contributed by atoms with van der Waals surface area (Å²) in [5.41, 5.74) is 1.16.